The normalized spacial score (nSPS) is 14.9. The minimum atomic E-state index is -0.395. The number of benzene rings is 1. The average Bonchev–Trinajstić information content (AvgIpc) is 3.05. The van der Waals surface area contributed by atoms with Gasteiger partial charge >= 0.3 is 0 Å². The van der Waals surface area contributed by atoms with E-state index in [-0.39, 0.29) is 11.8 Å². The van der Waals surface area contributed by atoms with Crippen molar-refractivity contribution in [1.29, 1.82) is 5.26 Å². The molecule has 0 unspecified atom stereocenters. The van der Waals surface area contributed by atoms with Crippen LogP contribution in [0.15, 0.2) is 24.5 Å². The summed E-state index contributed by atoms with van der Waals surface area (Å²) in [7, 11) is 3.61. The van der Waals surface area contributed by atoms with Crippen molar-refractivity contribution in [1.82, 2.24) is 19.7 Å². The molecule has 1 aliphatic rings. The van der Waals surface area contributed by atoms with Crippen LogP contribution < -0.4 is 4.90 Å². The van der Waals surface area contributed by atoms with Gasteiger partial charge < -0.3 is 14.4 Å². The van der Waals surface area contributed by atoms with Crippen LogP contribution >= 0.6 is 0 Å². The Labute approximate surface area is 151 Å². The van der Waals surface area contributed by atoms with Gasteiger partial charge in [-0.2, -0.15) is 5.26 Å². The van der Waals surface area contributed by atoms with Gasteiger partial charge in [-0.1, -0.05) is 0 Å². The maximum Gasteiger partial charge on any atom is 0.225 e. The zero-order valence-corrected chi connectivity index (χ0v) is 14.9. The van der Waals surface area contributed by atoms with E-state index in [1.165, 1.54) is 6.07 Å². The number of piperidine rings is 1. The lowest BCUT2D eigenvalue weighted by Gasteiger charge is -2.34. The maximum atomic E-state index is 14.2. The van der Waals surface area contributed by atoms with Crippen molar-refractivity contribution in [2.24, 2.45) is 13.0 Å². The van der Waals surface area contributed by atoms with Crippen LogP contribution in [0.3, 0.4) is 0 Å². The number of anilines is 1. The fourth-order valence-corrected chi connectivity index (χ4v) is 3.25. The second-order valence-corrected chi connectivity index (χ2v) is 6.59. The lowest BCUT2D eigenvalue weighted by Crippen LogP contribution is -2.41. The molecule has 0 radical (unpaired) electrons. The first kappa shape index (κ1) is 17.9. The van der Waals surface area contributed by atoms with Crippen LogP contribution in [0.25, 0.3) is 0 Å². The highest BCUT2D eigenvalue weighted by atomic mass is 19.1. The zero-order valence-electron chi connectivity index (χ0n) is 14.9. The predicted molar refractivity (Wildman–Crippen MR) is 93.5 cm³/mol. The third-order valence-electron chi connectivity index (χ3n) is 4.82. The van der Waals surface area contributed by atoms with Crippen molar-refractivity contribution < 1.29 is 9.18 Å². The molecule has 7 nitrogen and oxygen atoms in total. The minimum Gasteiger partial charge on any atom is -0.369 e. The summed E-state index contributed by atoms with van der Waals surface area (Å²) in [4.78, 5) is 16.3. The molecule has 0 N–H and O–H groups in total. The number of hydrogen-bond donors (Lipinski definition) is 0. The maximum absolute atomic E-state index is 14.2. The Bertz CT molecular complexity index is 834. The summed E-state index contributed by atoms with van der Waals surface area (Å²) >= 11 is 0. The Hall–Kier alpha value is -2.95. The smallest absolute Gasteiger partial charge is 0.225 e. The van der Waals surface area contributed by atoms with Crippen molar-refractivity contribution >= 4 is 11.6 Å². The fourth-order valence-electron chi connectivity index (χ4n) is 3.25. The van der Waals surface area contributed by atoms with Crippen LogP contribution in [0.4, 0.5) is 10.1 Å². The van der Waals surface area contributed by atoms with Gasteiger partial charge in [0.15, 0.2) is 5.82 Å². The van der Waals surface area contributed by atoms with E-state index in [0.29, 0.717) is 43.7 Å². The average molecular weight is 356 g/mol. The Morgan fingerprint density at radius 3 is 2.73 bits per heavy atom. The number of rotatable bonds is 4. The number of hydrogen-bond acceptors (Lipinski definition) is 5. The molecule has 0 atom stereocenters. The number of halogens is 1. The summed E-state index contributed by atoms with van der Waals surface area (Å²) in [6, 6.07) is 6.44. The van der Waals surface area contributed by atoms with E-state index in [1.54, 1.807) is 35.0 Å². The van der Waals surface area contributed by atoms with E-state index in [4.69, 9.17) is 5.26 Å². The molecule has 0 aliphatic carbocycles. The largest absolute Gasteiger partial charge is 0.369 e. The van der Waals surface area contributed by atoms with E-state index < -0.39 is 5.82 Å². The molecule has 26 heavy (non-hydrogen) atoms. The third-order valence-corrected chi connectivity index (χ3v) is 4.82. The molecule has 136 valence electrons. The molecule has 1 aromatic heterocycles. The van der Waals surface area contributed by atoms with Gasteiger partial charge in [0.25, 0.3) is 0 Å². The Balaban J connectivity index is 1.58. The van der Waals surface area contributed by atoms with Gasteiger partial charge in [0.05, 0.1) is 23.9 Å². The highest BCUT2D eigenvalue weighted by molar-refractivity contribution is 5.78. The minimum absolute atomic E-state index is 0.0768. The molecule has 0 spiro atoms. The van der Waals surface area contributed by atoms with Crippen LogP contribution in [-0.4, -0.2) is 45.7 Å². The van der Waals surface area contributed by atoms with E-state index in [2.05, 4.69) is 10.2 Å². The summed E-state index contributed by atoms with van der Waals surface area (Å²) in [5.41, 5.74) is 0.795. The van der Waals surface area contributed by atoms with Gasteiger partial charge in [0.1, 0.15) is 12.1 Å². The first-order valence-electron chi connectivity index (χ1n) is 8.52. The quantitative estimate of drug-likeness (QED) is 0.833. The zero-order chi connectivity index (χ0) is 18.7. The summed E-state index contributed by atoms with van der Waals surface area (Å²) in [6.07, 6.45) is 2.95. The van der Waals surface area contributed by atoms with Crippen molar-refractivity contribution in [3.8, 4) is 6.07 Å². The monoisotopic (exact) mass is 356 g/mol. The number of carbonyl (C=O) groups is 1. The molecule has 8 heteroatoms. The molecule has 1 fully saturated rings. The van der Waals surface area contributed by atoms with Crippen LogP contribution in [0.5, 0.6) is 0 Å². The number of aryl methyl sites for hydroxylation is 1. The summed E-state index contributed by atoms with van der Waals surface area (Å²) in [5.74, 6) is 0.338. The predicted octanol–water partition coefficient (Wildman–Crippen LogP) is 1.70. The highest BCUT2D eigenvalue weighted by Gasteiger charge is 2.28. The van der Waals surface area contributed by atoms with Crippen LogP contribution in [0, 0.1) is 23.1 Å². The van der Waals surface area contributed by atoms with E-state index in [9.17, 15) is 9.18 Å². The SMILES string of the molecule is CN(Cc1nncn1C)C(=O)C1CCN(c2ccc(C#N)cc2F)CC1. The Morgan fingerprint density at radius 2 is 2.15 bits per heavy atom. The lowest BCUT2D eigenvalue weighted by atomic mass is 9.95. The van der Waals surface area contributed by atoms with E-state index in [0.717, 1.165) is 5.82 Å². The van der Waals surface area contributed by atoms with Crippen LogP contribution in [0.1, 0.15) is 24.2 Å². The standard InChI is InChI=1S/C18H21FN6O/c1-23(11-17-22-21-12-24(17)2)18(26)14-5-7-25(8-6-14)16-4-3-13(10-20)9-15(16)19/h3-4,9,12,14H,5-8,11H2,1-2H3. The van der Waals surface area contributed by atoms with Gasteiger partial charge in [0.2, 0.25) is 5.91 Å². The van der Waals surface area contributed by atoms with Gasteiger partial charge in [-0.15, -0.1) is 10.2 Å². The molecule has 2 aromatic rings. The molecule has 0 saturated carbocycles. The number of aromatic nitrogens is 3. The molecule has 3 rings (SSSR count). The van der Waals surface area contributed by atoms with Crippen LogP contribution in [0.2, 0.25) is 0 Å². The summed E-state index contributed by atoms with van der Waals surface area (Å²) in [6.45, 7) is 1.63. The number of amides is 1. The van der Waals surface area contributed by atoms with Gasteiger partial charge in [-0.3, -0.25) is 4.79 Å². The molecular weight excluding hydrogens is 335 g/mol. The van der Waals surface area contributed by atoms with Gasteiger partial charge in [-0.25, -0.2) is 4.39 Å². The molecule has 1 aliphatic heterocycles. The lowest BCUT2D eigenvalue weighted by molar-refractivity contribution is -0.135. The van der Waals surface area contributed by atoms with Gasteiger partial charge in [0, 0.05) is 33.1 Å². The van der Waals surface area contributed by atoms with Crippen LogP contribution in [-0.2, 0) is 18.4 Å². The summed E-state index contributed by atoms with van der Waals surface area (Å²) in [5, 5.41) is 16.7. The number of nitriles is 1. The first-order valence-corrected chi connectivity index (χ1v) is 8.52. The molecule has 1 amide bonds. The van der Waals surface area contributed by atoms with Crippen molar-refractivity contribution in [3.63, 3.8) is 0 Å². The summed E-state index contributed by atoms with van der Waals surface area (Å²) < 4.78 is 16.0. The van der Waals surface area contributed by atoms with E-state index in [1.807, 2.05) is 18.0 Å². The van der Waals surface area contributed by atoms with Crippen molar-refractivity contribution in [3.05, 3.63) is 41.7 Å². The number of nitrogens with zero attached hydrogens (tertiary/aromatic N) is 6. The Kier molecular flexibility index (Phi) is 5.16. The highest BCUT2D eigenvalue weighted by Crippen LogP contribution is 2.27. The second-order valence-electron chi connectivity index (χ2n) is 6.59. The molecule has 1 aromatic carbocycles. The molecule has 0 bridgehead atoms. The Morgan fingerprint density at radius 1 is 1.42 bits per heavy atom. The van der Waals surface area contributed by atoms with Crippen molar-refractivity contribution in [2.75, 3.05) is 25.0 Å². The van der Waals surface area contributed by atoms with E-state index >= 15 is 0 Å². The molecular formula is C18H21FN6O. The topological polar surface area (TPSA) is 78.1 Å². The second kappa shape index (κ2) is 7.52. The fraction of sp³-hybridized carbons (Fsp3) is 0.444. The molecule has 1 saturated heterocycles. The first-order chi connectivity index (χ1) is 12.5. The van der Waals surface area contributed by atoms with Gasteiger partial charge in [-0.05, 0) is 31.0 Å². The van der Waals surface area contributed by atoms with Crippen molar-refractivity contribution in [2.45, 2.75) is 19.4 Å². The number of carbonyl (C=O) groups excluding carboxylic acids is 1. The molecule has 2 heterocycles. The third kappa shape index (κ3) is 3.67.